The minimum atomic E-state index is -4.05. The van der Waals surface area contributed by atoms with Crippen molar-refractivity contribution in [2.45, 2.75) is 29.5 Å². The van der Waals surface area contributed by atoms with Gasteiger partial charge in [-0.25, -0.2) is 23.0 Å². The van der Waals surface area contributed by atoms with Crippen molar-refractivity contribution in [3.05, 3.63) is 35.6 Å². The zero-order chi connectivity index (χ0) is 19.3. The van der Waals surface area contributed by atoms with Crippen LogP contribution in [0, 0.1) is 5.82 Å². The zero-order valence-corrected chi connectivity index (χ0v) is 14.2. The summed E-state index contributed by atoms with van der Waals surface area (Å²) in [5, 5.41) is 11.8. The maximum absolute atomic E-state index is 12.9. The molecule has 3 atom stereocenters. The molecule has 0 radical (unpaired) electrons. The average molecular weight is 383 g/mol. The van der Waals surface area contributed by atoms with Gasteiger partial charge in [0.05, 0.1) is 6.42 Å². The van der Waals surface area contributed by atoms with Crippen molar-refractivity contribution in [3.8, 4) is 0 Å². The van der Waals surface area contributed by atoms with Gasteiger partial charge in [-0.15, -0.1) is 0 Å². The second-order valence-corrected chi connectivity index (χ2v) is 8.65. The quantitative estimate of drug-likeness (QED) is 0.418. The Bertz CT molecular complexity index is 929. The summed E-state index contributed by atoms with van der Waals surface area (Å²) in [6, 6.07) is 2.92. The first-order valence-corrected chi connectivity index (χ1v) is 9.02. The summed E-state index contributed by atoms with van der Waals surface area (Å²) in [6.07, 6.45) is 0.533. The van der Waals surface area contributed by atoms with E-state index in [0.717, 1.165) is 30.2 Å². The third-order valence-corrected chi connectivity index (χ3v) is 7.23. The predicted octanol–water partition coefficient (Wildman–Crippen LogP) is -0.260. The molecule has 2 heterocycles. The lowest BCUT2D eigenvalue weighted by atomic mass is 9.97. The van der Waals surface area contributed by atoms with Crippen LogP contribution in [-0.2, 0) is 19.4 Å². The molecular formula is C15H14FN3O6S. The number of halogens is 1. The molecule has 2 amide bonds. The number of aliphatic carboxylic acids is 1. The van der Waals surface area contributed by atoms with E-state index in [1.807, 2.05) is 0 Å². The molecule has 2 fully saturated rings. The Labute approximate surface area is 147 Å². The van der Waals surface area contributed by atoms with Crippen LogP contribution in [0.25, 0.3) is 0 Å². The minimum Gasteiger partial charge on any atom is -0.480 e. The van der Waals surface area contributed by atoms with Crippen LogP contribution in [0.2, 0.25) is 0 Å². The van der Waals surface area contributed by atoms with Gasteiger partial charge in [-0.05, 0) is 31.2 Å². The Morgan fingerprint density at radius 3 is 2.54 bits per heavy atom. The molecule has 2 N–H and O–H groups in total. The molecular weight excluding hydrogens is 369 g/mol. The van der Waals surface area contributed by atoms with Gasteiger partial charge in [0, 0.05) is 11.8 Å². The van der Waals surface area contributed by atoms with E-state index in [9.17, 15) is 32.3 Å². The lowest BCUT2D eigenvalue weighted by Crippen LogP contribution is -2.57. The number of hydrazone groups is 1. The van der Waals surface area contributed by atoms with E-state index in [1.165, 1.54) is 12.1 Å². The number of hydrogen-bond donors (Lipinski definition) is 2. The molecule has 0 aliphatic carbocycles. The molecule has 0 bridgehead atoms. The second-order valence-electron chi connectivity index (χ2n) is 6.14. The number of nitrogens with zero attached hydrogens (tertiary/aromatic N) is 2. The van der Waals surface area contributed by atoms with E-state index in [0.29, 0.717) is 0 Å². The van der Waals surface area contributed by atoms with Gasteiger partial charge in [0.2, 0.25) is 5.91 Å². The first kappa shape index (κ1) is 18.0. The van der Waals surface area contributed by atoms with Gasteiger partial charge >= 0.3 is 5.97 Å². The SMILES string of the molecule is C[C@]1(/C=N/NC(=O)c2ccc(F)cc2)[C@H](C(=O)O)N2C(=O)C[C@H]2S1(=O)=O. The van der Waals surface area contributed by atoms with E-state index >= 15 is 0 Å². The number of carboxylic acid groups (broad SMARTS) is 1. The number of hydrogen-bond acceptors (Lipinski definition) is 6. The number of benzene rings is 1. The van der Waals surface area contributed by atoms with Crippen molar-refractivity contribution >= 4 is 33.8 Å². The molecule has 2 aliphatic rings. The highest BCUT2D eigenvalue weighted by Gasteiger charge is 2.69. The third-order valence-electron chi connectivity index (χ3n) is 4.57. The average Bonchev–Trinajstić information content (AvgIpc) is 2.70. The van der Waals surface area contributed by atoms with Crippen LogP contribution in [0.3, 0.4) is 0 Å². The van der Waals surface area contributed by atoms with Crippen LogP contribution >= 0.6 is 0 Å². The van der Waals surface area contributed by atoms with Crippen molar-refractivity contribution in [2.75, 3.05) is 0 Å². The molecule has 26 heavy (non-hydrogen) atoms. The molecule has 1 aromatic carbocycles. The number of carbonyl (C=O) groups is 3. The fourth-order valence-corrected chi connectivity index (χ4v) is 5.30. The van der Waals surface area contributed by atoms with Crippen molar-refractivity contribution < 1.29 is 32.3 Å². The fourth-order valence-electron chi connectivity index (χ4n) is 3.09. The van der Waals surface area contributed by atoms with Crippen LogP contribution in [0.1, 0.15) is 23.7 Å². The predicted molar refractivity (Wildman–Crippen MR) is 86.4 cm³/mol. The first-order valence-electron chi connectivity index (χ1n) is 7.47. The van der Waals surface area contributed by atoms with Gasteiger partial charge in [0.25, 0.3) is 5.91 Å². The Kier molecular flexibility index (Phi) is 4.06. The molecule has 11 heteroatoms. The van der Waals surface area contributed by atoms with E-state index in [-0.39, 0.29) is 12.0 Å². The number of β-lactam (4-membered cyclic amide) rings is 1. The van der Waals surface area contributed by atoms with Crippen molar-refractivity contribution in [1.82, 2.24) is 10.3 Å². The Morgan fingerprint density at radius 2 is 2.00 bits per heavy atom. The maximum Gasteiger partial charge on any atom is 0.328 e. The smallest absolute Gasteiger partial charge is 0.328 e. The third kappa shape index (κ3) is 2.46. The van der Waals surface area contributed by atoms with E-state index < -0.39 is 49.6 Å². The summed E-state index contributed by atoms with van der Waals surface area (Å²) in [6.45, 7) is 1.14. The number of nitrogens with one attached hydrogen (secondary N) is 1. The monoisotopic (exact) mass is 383 g/mol. The summed E-state index contributed by atoms with van der Waals surface area (Å²) in [4.78, 5) is 35.9. The molecule has 0 spiro atoms. The van der Waals surface area contributed by atoms with Gasteiger partial charge in [-0.1, -0.05) is 0 Å². The van der Waals surface area contributed by atoms with Gasteiger partial charge in [0.15, 0.2) is 15.9 Å². The fraction of sp³-hybridized carbons (Fsp3) is 0.333. The van der Waals surface area contributed by atoms with E-state index in [4.69, 9.17) is 0 Å². The van der Waals surface area contributed by atoms with Crippen LogP contribution in [0.5, 0.6) is 0 Å². The molecule has 2 aliphatic heterocycles. The number of amides is 2. The lowest BCUT2D eigenvalue weighted by Gasteiger charge is -2.35. The van der Waals surface area contributed by atoms with Crippen LogP contribution in [0.4, 0.5) is 4.39 Å². The summed E-state index contributed by atoms with van der Waals surface area (Å²) >= 11 is 0. The highest BCUT2D eigenvalue weighted by Crippen LogP contribution is 2.45. The van der Waals surface area contributed by atoms with E-state index in [1.54, 1.807) is 0 Å². The standard InChI is InChI=1S/C15H14FN3O6S/c1-15(7-17-18-13(21)8-2-4-9(16)5-3-8)12(14(22)23)19-10(20)6-11(19)26(15,24)25/h2-5,7,11-12H,6H2,1H3,(H,18,21)(H,22,23)/b17-7+/t11-,12+,15+/m1/s1. The summed E-state index contributed by atoms with van der Waals surface area (Å²) in [5.74, 6) is -3.32. The van der Waals surface area contributed by atoms with Gasteiger partial charge in [0.1, 0.15) is 15.9 Å². The highest BCUT2D eigenvalue weighted by atomic mass is 32.2. The second kappa shape index (κ2) is 5.87. The largest absolute Gasteiger partial charge is 0.480 e. The number of rotatable bonds is 4. The molecule has 0 saturated carbocycles. The van der Waals surface area contributed by atoms with Gasteiger partial charge in [-0.3, -0.25) is 9.59 Å². The van der Waals surface area contributed by atoms with Crippen molar-refractivity contribution in [1.29, 1.82) is 0 Å². The maximum atomic E-state index is 12.9. The number of fused-ring (bicyclic) bond motifs is 1. The number of carboxylic acids is 1. The van der Waals surface area contributed by atoms with Crippen molar-refractivity contribution in [2.24, 2.45) is 5.10 Å². The zero-order valence-electron chi connectivity index (χ0n) is 13.4. The Hall–Kier alpha value is -2.82. The Balaban J connectivity index is 1.85. The lowest BCUT2D eigenvalue weighted by molar-refractivity contribution is -0.156. The molecule has 1 aromatic rings. The van der Waals surface area contributed by atoms with Crippen molar-refractivity contribution in [3.63, 3.8) is 0 Å². The molecule has 3 rings (SSSR count). The normalized spacial score (nSPS) is 29.3. The molecule has 0 aromatic heterocycles. The molecule has 2 saturated heterocycles. The summed E-state index contributed by atoms with van der Waals surface area (Å²) in [7, 11) is -4.05. The minimum absolute atomic E-state index is 0.0803. The van der Waals surface area contributed by atoms with Crippen LogP contribution in [0.15, 0.2) is 29.4 Å². The first-order chi connectivity index (χ1) is 12.1. The summed E-state index contributed by atoms with van der Waals surface area (Å²) in [5.41, 5.74) is 2.16. The topological polar surface area (TPSA) is 133 Å². The Morgan fingerprint density at radius 1 is 1.38 bits per heavy atom. The summed E-state index contributed by atoms with van der Waals surface area (Å²) < 4.78 is 36.1. The van der Waals surface area contributed by atoms with Crippen LogP contribution < -0.4 is 5.43 Å². The highest BCUT2D eigenvalue weighted by molar-refractivity contribution is 7.94. The van der Waals surface area contributed by atoms with Crippen LogP contribution in [-0.4, -0.2) is 58.6 Å². The molecule has 138 valence electrons. The number of carbonyl (C=O) groups excluding carboxylic acids is 2. The number of sulfone groups is 1. The van der Waals surface area contributed by atoms with Gasteiger partial charge in [-0.2, -0.15) is 5.10 Å². The molecule has 0 unspecified atom stereocenters. The van der Waals surface area contributed by atoms with Gasteiger partial charge < -0.3 is 10.0 Å². The van der Waals surface area contributed by atoms with E-state index in [2.05, 4.69) is 10.5 Å². The molecule has 9 nitrogen and oxygen atoms in total.